The highest BCUT2D eigenvalue weighted by Gasteiger charge is 2.55. The van der Waals surface area contributed by atoms with Crippen LogP contribution in [0, 0.1) is 10.8 Å². The summed E-state index contributed by atoms with van der Waals surface area (Å²) in [6, 6.07) is 0. The third-order valence-electron chi connectivity index (χ3n) is 3.17. The van der Waals surface area contributed by atoms with Gasteiger partial charge in [0, 0.05) is 5.25 Å². The number of rotatable bonds is 5. The van der Waals surface area contributed by atoms with E-state index in [4.69, 9.17) is 10.8 Å². The third kappa shape index (κ3) is 4.11. The number of hydrogen-bond donors (Lipinski definition) is 3. The second-order valence-electron chi connectivity index (χ2n) is 6.87. The molecule has 0 saturated carbocycles. The molecule has 0 aromatic rings. The van der Waals surface area contributed by atoms with Crippen LogP contribution in [-0.4, -0.2) is 38.7 Å². The van der Waals surface area contributed by atoms with Crippen LogP contribution in [0.3, 0.4) is 0 Å². The molecule has 0 heterocycles. The molecular weight excluding hydrogens is 266 g/mol. The van der Waals surface area contributed by atoms with Crippen LogP contribution < -0.4 is 5.73 Å². The SMILES string of the molecule is CC(C)(C)C(SCC(=O)O)C(N)(C(=O)O)C(C)(C)C. The largest absolute Gasteiger partial charge is 0.481 e. The normalized spacial score (nSPS) is 17.6. The molecule has 0 aliphatic rings. The van der Waals surface area contributed by atoms with E-state index < -0.39 is 33.6 Å². The molecule has 0 fully saturated rings. The fraction of sp³-hybridized carbons (Fsp3) is 0.846. The summed E-state index contributed by atoms with van der Waals surface area (Å²) in [5, 5.41) is 17.9. The maximum Gasteiger partial charge on any atom is 0.325 e. The smallest absolute Gasteiger partial charge is 0.325 e. The summed E-state index contributed by atoms with van der Waals surface area (Å²) in [6.45, 7) is 10.9. The number of hydrogen-bond acceptors (Lipinski definition) is 4. The summed E-state index contributed by atoms with van der Waals surface area (Å²) >= 11 is 1.09. The summed E-state index contributed by atoms with van der Waals surface area (Å²) in [6.07, 6.45) is 0. The second-order valence-corrected chi connectivity index (χ2v) is 7.97. The Labute approximate surface area is 118 Å². The van der Waals surface area contributed by atoms with Gasteiger partial charge in [-0.3, -0.25) is 9.59 Å². The minimum absolute atomic E-state index is 0.162. The number of carboxylic acids is 2. The van der Waals surface area contributed by atoms with Crippen molar-refractivity contribution in [2.45, 2.75) is 52.3 Å². The lowest BCUT2D eigenvalue weighted by molar-refractivity contribution is -0.149. The zero-order valence-electron chi connectivity index (χ0n) is 12.5. The van der Waals surface area contributed by atoms with Gasteiger partial charge in [0.2, 0.25) is 0 Å². The van der Waals surface area contributed by atoms with E-state index in [-0.39, 0.29) is 5.75 Å². The van der Waals surface area contributed by atoms with Crippen LogP contribution in [0.15, 0.2) is 0 Å². The van der Waals surface area contributed by atoms with Crippen LogP contribution in [-0.2, 0) is 9.59 Å². The molecule has 0 saturated heterocycles. The molecule has 0 rings (SSSR count). The summed E-state index contributed by atoms with van der Waals surface area (Å²) in [7, 11) is 0. The predicted octanol–water partition coefficient (Wildman–Crippen LogP) is 2.05. The molecule has 0 aliphatic carbocycles. The molecule has 2 unspecified atom stereocenters. The van der Waals surface area contributed by atoms with Crippen LogP contribution in [0.25, 0.3) is 0 Å². The summed E-state index contributed by atoms with van der Waals surface area (Å²) in [5.41, 5.74) is 3.59. The van der Waals surface area contributed by atoms with Gasteiger partial charge in [0.25, 0.3) is 0 Å². The molecule has 0 radical (unpaired) electrons. The number of carboxylic acid groups (broad SMARTS) is 2. The van der Waals surface area contributed by atoms with Crippen molar-refractivity contribution < 1.29 is 19.8 Å². The fourth-order valence-electron chi connectivity index (χ4n) is 2.05. The van der Waals surface area contributed by atoms with Gasteiger partial charge in [0.05, 0.1) is 5.75 Å². The van der Waals surface area contributed by atoms with Gasteiger partial charge in [-0.25, -0.2) is 0 Å². The first kappa shape index (κ1) is 18.2. The monoisotopic (exact) mass is 291 g/mol. The molecule has 0 spiro atoms. The quantitative estimate of drug-likeness (QED) is 0.716. The van der Waals surface area contributed by atoms with Crippen LogP contribution in [0.1, 0.15) is 41.5 Å². The summed E-state index contributed by atoms with van der Waals surface area (Å²) < 4.78 is 0. The third-order valence-corrected chi connectivity index (χ3v) is 4.99. The first-order chi connectivity index (χ1) is 8.24. The van der Waals surface area contributed by atoms with Crippen molar-refractivity contribution in [3.8, 4) is 0 Å². The summed E-state index contributed by atoms with van der Waals surface area (Å²) in [4.78, 5) is 22.5. The van der Waals surface area contributed by atoms with E-state index in [9.17, 15) is 14.7 Å². The molecule has 0 aromatic heterocycles. The molecule has 0 aromatic carbocycles. The number of carbonyl (C=O) groups is 2. The van der Waals surface area contributed by atoms with Gasteiger partial charge in [-0.05, 0) is 10.8 Å². The highest BCUT2D eigenvalue weighted by molar-refractivity contribution is 8.00. The average molecular weight is 291 g/mol. The zero-order chi connectivity index (χ0) is 15.6. The maximum atomic E-state index is 11.7. The van der Waals surface area contributed by atoms with Gasteiger partial charge >= 0.3 is 11.9 Å². The molecule has 0 amide bonds. The van der Waals surface area contributed by atoms with Crippen molar-refractivity contribution >= 4 is 23.7 Å². The number of aliphatic carboxylic acids is 2. The summed E-state index contributed by atoms with van der Waals surface area (Å²) in [5.74, 6) is -2.23. The second kappa shape index (κ2) is 5.71. The Morgan fingerprint density at radius 2 is 1.53 bits per heavy atom. The van der Waals surface area contributed by atoms with Gasteiger partial charge in [-0.1, -0.05) is 41.5 Å². The van der Waals surface area contributed by atoms with Crippen LogP contribution in [0.5, 0.6) is 0 Å². The van der Waals surface area contributed by atoms with Crippen molar-refractivity contribution in [1.29, 1.82) is 0 Å². The lowest BCUT2D eigenvalue weighted by Crippen LogP contribution is -2.67. The molecule has 4 N–H and O–H groups in total. The zero-order valence-corrected chi connectivity index (χ0v) is 13.3. The van der Waals surface area contributed by atoms with Gasteiger partial charge < -0.3 is 15.9 Å². The highest BCUT2D eigenvalue weighted by Crippen LogP contribution is 2.45. The van der Waals surface area contributed by atoms with Crippen molar-refractivity contribution in [2.75, 3.05) is 5.75 Å². The Hall–Kier alpha value is -0.750. The Morgan fingerprint density at radius 3 is 1.74 bits per heavy atom. The number of thioether (sulfide) groups is 1. The van der Waals surface area contributed by atoms with Gasteiger partial charge in [0.15, 0.2) is 0 Å². The molecular formula is C13H25NO4S. The minimum Gasteiger partial charge on any atom is -0.481 e. The van der Waals surface area contributed by atoms with E-state index in [1.807, 2.05) is 20.8 Å². The van der Waals surface area contributed by atoms with Crippen LogP contribution >= 0.6 is 11.8 Å². The molecule has 5 nitrogen and oxygen atoms in total. The predicted molar refractivity (Wildman–Crippen MR) is 77.3 cm³/mol. The molecule has 0 aliphatic heterocycles. The van der Waals surface area contributed by atoms with Crippen molar-refractivity contribution in [3.05, 3.63) is 0 Å². The van der Waals surface area contributed by atoms with Gasteiger partial charge in [0.1, 0.15) is 5.54 Å². The molecule has 6 heteroatoms. The Balaban J connectivity index is 5.66. The molecule has 0 bridgehead atoms. The van der Waals surface area contributed by atoms with Crippen molar-refractivity contribution in [3.63, 3.8) is 0 Å². The highest BCUT2D eigenvalue weighted by atomic mass is 32.2. The molecule has 2 atom stereocenters. The fourth-order valence-corrected chi connectivity index (χ4v) is 3.57. The van der Waals surface area contributed by atoms with E-state index in [1.165, 1.54) is 0 Å². The van der Waals surface area contributed by atoms with E-state index in [1.54, 1.807) is 20.8 Å². The standard InChI is InChI=1S/C13H25NO4S/c1-11(2,3)9(19-7-8(15)16)13(14,10(17)18)12(4,5)6/h9H,7,14H2,1-6H3,(H,15,16)(H,17,18). The maximum absolute atomic E-state index is 11.7. The minimum atomic E-state index is -1.51. The van der Waals surface area contributed by atoms with Gasteiger partial charge in [-0.15, -0.1) is 11.8 Å². The topological polar surface area (TPSA) is 101 Å². The Bertz CT molecular complexity index is 357. The lowest BCUT2D eigenvalue weighted by atomic mass is 9.66. The van der Waals surface area contributed by atoms with Crippen molar-refractivity contribution in [1.82, 2.24) is 0 Å². The van der Waals surface area contributed by atoms with Gasteiger partial charge in [-0.2, -0.15) is 0 Å². The first-order valence-electron chi connectivity index (χ1n) is 6.10. The van der Waals surface area contributed by atoms with E-state index in [0.29, 0.717) is 0 Å². The lowest BCUT2D eigenvalue weighted by Gasteiger charge is -2.48. The number of nitrogens with two attached hydrogens (primary N) is 1. The first-order valence-corrected chi connectivity index (χ1v) is 7.15. The molecule has 112 valence electrons. The Kier molecular flexibility index (Phi) is 5.48. The molecule has 19 heavy (non-hydrogen) atoms. The van der Waals surface area contributed by atoms with E-state index in [2.05, 4.69) is 0 Å². The van der Waals surface area contributed by atoms with Crippen LogP contribution in [0.2, 0.25) is 0 Å². The van der Waals surface area contributed by atoms with Crippen LogP contribution in [0.4, 0.5) is 0 Å². The van der Waals surface area contributed by atoms with Crippen molar-refractivity contribution in [2.24, 2.45) is 16.6 Å². The average Bonchev–Trinajstić information content (AvgIpc) is 2.12. The van der Waals surface area contributed by atoms with E-state index >= 15 is 0 Å². The Morgan fingerprint density at radius 1 is 1.11 bits per heavy atom. The van der Waals surface area contributed by atoms with E-state index in [0.717, 1.165) is 11.8 Å².